The molecule has 0 unspecified atom stereocenters. The van der Waals surface area contributed by atoms with Gasteiger partial charge in [-0.05, 0) is 50.6 Å². The van der Waals surface area contributed by atoms with E-state index in [2.05, 4.69) is 16.3 Å². The Balaban J connectivity index is 1.48. The predicted octanol–water partition coefficient (Wildman–Crippen LogP) is 4.32. The van der Waals surface area contributed by atoms with Crippen LogP contribution in [0, 0.1) is 18.7 Å². The molecule has 0 aromatic heterocycles. The summed E-state index contributed by atoms with van der Waals surface area (Å²) in [5.74, 6) is -0.141. The van der Waals surface area contributed by atoms with Crippen molar-refractivity contribution in [2.75, 3.05) is 13.1 Å². The molecule has 1 amide bonds. The average molecular weight is 375 g/mol. The van der Waals surface area contributed by atoms with Crippen LogP contribution in [0.2, 0.25) is 5.02 Å². The number of hydrogen-bond donors (Lipinski definition) is 1. The van der Waals surface area contributed by atoms with Crippen molar-refractivity contribution in [1.29, 1.82) is 0 Å². The zero-order valence-corrected chi connectivity index (χ0v) is 15.7. The summed E-state index contributed by atoms with van der Waals surface area (Å²) in [6.07, 6.45) is 1.57. The molecule has 1 saturated heterocycles. The van der Waals surface area contributed by atoms with Gasteiger partial charge in [0.25, 0.3) is 0 Å². The van der Waals surface area contributed by atoms with Gasteiger partial charge in [0.2, 0.25) is 5.91 Å². The van der Waals surface area contributed by atoms with Crippen molar-refractivity contribution in [2.45, 2.75) is 32.9 Å². The SMILES string of the molecule is Cc1cccc(CNC(=O)C2CCN(Cc3c(F)cccc3Cl)CC2)c1. The van der Waals surface area contributed by atoms with Crippen molar-refractivity contribution in [2.24, 2.45) is 5.92 Å². The summed E-state index contributed by atoms with van der Waals surface area (Å²) in [5.41, 5.74) is 2.85. The number of rotatable bonds is 5. The standard InChI is InChI=1S/C21H24ClFN2O/c1-15-4-2-5-16(12-15)13-24-21(26)17-8-10-25(11-9-17)14-18-19(22)6-3-7-20(18)23/h2-7,12,17H,8-11,13-14H2,1H3,(H,24,26). The minimum Gasteiger partial charge on any atom is -0.352 e. The second-order valence-corrected chi connectivity index (χ2v) is 7.36. The van der Waals surface area contributed by atoms with Crippen LogP contribution >= 0.6 is 11.6 Å². The molecule has 1 heterocycles. The molecule has 0 bridgehead atoms. The highest BCUT2D eigenvalue weighted by atomic mass is 35.5. The maximum Gasteiger partial charge on any atom is 0.223 e. The lowest BCUT2D eigenvalue weighted by molar-refractivity contribution is -0.126. The molecular formula is C21H24ClFN2O. The van der Waals surface area contributed by atoms with E-state index in [9.17, 15) is 9.18 Å². The third kappa shape index (κ3) is 4.83. The van der Waals surface area contributed by atoms with E-state index in [1.807, 2.05) is 25.1 Å². The summed E-state index contributed by atoms with van der Waals surface area (Å²) < 4.78 is 13.9. The van der Waals surface area contributed by atoms with E-state index in [1.165, 1.54) is 11.6 Å². The van der Waals surface area contributed by atoms with Gasteiger partial charge in [-0.3, -0.25) is 9.69 Å². The summed E-state index contributed by atoms with van der Waals surface area (Å²) in [5, 5.41) is 3.50. The van der Waals surface area contributed by atoms with Gasteiger partial charge in [-0.25, -0.2) is 4.39 Å². The highest BCUT2D eigenvalue weighted by Crippen LogP contribution is 2.24. The van der Waals surface area contributed by atoms with Gasteiger partial charge in [0.05, 0.1) is 0 Å². The van der Waals surface area contributed by atoms with Crippen molar-refractivity contribution in [3.63, 3.8) is 0 Å². The van der Waals surface area contributed by atoms with Gasteiger partial charge in [-0.1, -0.05) is 47.5 Å². The maximum atomic E-state index is 13.9. The summed E-state index contributed by atoms with van der Waals surface area (Å²) in [6.45, 7) is 4.64. The van der Waals surface area contributed by atoms with E-state index >= 15 is 0 Å². The third-order valence-corrected chi connectivity index (χ3v) is 5.31. The quantitative estimate of drug-likeness (QED) is 0.845. The Bertz CT molecular complexity index is 752. The molecule has 138 valence electrons. The molecule has 1 fully saturated rings. The van der Waals surface area contributed by atoms with E-state index in [1.54, 1.807) is 12.1 Å². The molecule has 0 radical (unpaired) electrons. The molecule has 0 spiro atoms. The Labute approximate surface area is 159 Å². The van der Waals surface area contributed by atoms with Gasteiger partial charge in [0.15, 0.2) is 0 Å². The Morgan fingerprint density at radius 3 is 2.65 bits per heavy atom. The van der Waals surface area contributed by atoms with Crippen LogP contribution in [0.25, 0.3) is 0 Å². The van der Waals surface area contributed by atoms with Crippen molar-refractivity contribution in [3.05, 3.63) is 70.0 Å². The van der Waals surface area contributed by atoms with Crippen molar-refractivity contribution < 1.29 is 9.18 Å². The van der Waals surface area contributed by atoms with Gasteiger partial charge < -0.3 is 5.32 Å². The highest BCUT2D eigenvalue weighted by Gasteiger charge is 2.25. The zero-order valence-electron chi connectivity index (χ0n) is 15.0. The molecule has 1 aliphatic heterocycles. The average Bonchev–Trinajstić information content (AvgIpc) is 2.63. The van der Waals surface area contributed by atoms with Crippen LogP contribution in [0.1, 0.15) is 29.5 Å². The molecule has 3 nitrogen and oxygen atoms in total. The molecule has 1 aliphatic rings. The normalized spacial score (nSPS) is 15.8. The fraction of sp³-hybridized carbons (Fsp3) is 0.381. The lowest BCUT2D eigenvalue weighted by atomic mass is 9.95. The topological polar surface area (TPSA) is 32.3 Å². The van der Waals surface area contributed by atoms with Gasteiger partial charge in [-0.2, -0.15) is 0 Å². The van der Waals surface area contributed by atoms with Crippen LogP contribution < -0.4 is 5.32 Å². The van der Waals surface area contributed by atoms with Crippen molar-refractivity contribution in [1.82, 2.24) is 10.2 Å². The van der Waals surface area contributed by atoms with E-state index in [0.29, 0.717) is 23.7 Å². The minimum absolute atomic E-state index is 0.0205. The number of carbonyl (C=O) groups is 1. The Kier molecular flexibility index (Phi) is 6.28. The second-order valence-electron chi connectivity index (χ2n) is 6.96. The molecule has 2 aromatic rings. The number of likely N-dealkylation sites (tertiary alicyclic amines) is 1. The highest BCUT2D eigenvalue weighted by molar-refractivity contribution is 6.31. The van der Waals surface area contributed by atoms with Crippen LogP contribution in [0.5, 0.6) is 0 Å². The van der Waals surface area contributed by atoms with Crippen LogP contribution in [0.15, 0.2) is 42.5 Å². The Hall–Kier alpha value is -1.91. The first-order chi connectivity index (χ1) is 12.5. The molecule has 3 rings (SSSR count). The van der Waals surface area contributed by atoms with Crippen LogP contribution in [-0.4, -0.2) is 23.9 Å². The molecule has 0 atom stereocenters. The lowest BCUT2D eigenvalue weighted by Crippen LogP contribution is -2.40. The monoisotopic (exact) mass is 374 g/mol. The Morgan fingerprint density at radius 2 is 1.96 bits per heavy atom. The number of nitrogens with zero attached hydrogens (tertiary/aromatic N) is 1. The molecule has 26 heavy (non-hydrogen) atoms. The first-order valence-corrected chi connectivity index (χ1v) is 9.39. The zero-order chi connectivity index (χ0) is 18.5. The van der Waals surface area contributed by atoms with E-state index in [0.717, 1.165) is 31.5 Å². The van der Waals surface area contributed by atoms with Crippen LogP contribution in [-0.2, 0) is 17.9 Å². The first-order valence-electron chi connectivity index (χ1n) is 9.01. The summed E-state index contributed by atoms with van der Waals surface area (Å²) in [4.78, 5) is 14.6. The second kappa shape index (κ2) is 8.65. The largest absolute Gasteiger partial charge is 0.352 e. The van der Waals surface area contributed by atoms with Gasteiger partial charge in [0, 0.05) is 29.6 Å². The summed E-state index contributed by atoms with van der Waals surface area (Å²) in [6, 6.07) is 12.9. The van der Waals surface area contributed by atoms with Crippen LogP contribution in [0.3, 0.4) is 0 Å². The Morgan fingerprint density at radius 1 is 1.23 bits per heavy atom. The number of amides is 1. The molecule has 0 saturated carbocycles. The summed E-state index contributed by atoms with van der Waals surface area (Å²) in [7, 11) is 0. The maximum absolute atomic E-state index is 13.9. The minimum atomic E-state index is -0.268. The predicted molar refractivity (Wildman–Crippen MR) is 102 cm³/mol. The number of hydrogen-bond acceptors (Lipinski definition) is 2. The summed E-state index contributed by atoms with van der Waals surface area (Å²) >= 11 is 6.11. The first kappa shape index (κ1) is 18.9. The van der Waals surface area contributed by atoms with Crippen LogP contribution in [0.4, 0.5) is 4.39 Å². The number of nitrogens with one attached hydrogen (secondary N) is 1. The number of halogens is 2. The van der Waals surface area contributed by atoms with Crippen molar-refractivity contribution in [3.8, 4) is 0 Å². The molecule has 5 heteroatoms. The number of carbonyl (C=O) groups excluding carboxylic acids is 1. The van der Waals surface area contributed by atoms with Gasteiger partial charge in [0.1, 0.15) is 5.82 Å². The molecule has 2 aromatic carbocycles. The third-order valence-electron chi connectivity index (χ3n) is 4.95. The fourth-order valence-electron chi connectivity index (χ4n) is 3.42. The van der Waals surface area contributed by atoms with Crippen molar-refractivity contribution >= 4 is 17.5 Å². The van der Waals surface area contributed by atoms with E-state index in [-0.39, 0.29) is 17.6 Å². The van der Waals surface area contributed by atoms with Gasteiger partial charge in [-0.15, -0.1) is 0 Å². The fourth-order valence-corrected chi connectivity index (χ4v) is 3.64. The van der Waals surface area contributed by atoms with E-state index < -0.39 is 0 Å². The lowest BCUT2D eigenvalue weighted by Gasteiger charge is -2.31. The number of benzene rings is 2. The molecule has 1 N–H and O–H groups in total. The van der Waals surface area contributed by atoms with E-state index in [4.69, 9.17) is 11.6 Å². The molecule has 0 aliphatic carbocycles. The molecular weight excluding hydrogens is 351 g/mol. The smallest absolute Gasteiger partial charge is 0.223 e. The number of piperidine rings is 1. The van der Waals surface area contributed by atoms with Gasteiger partial charge >= 0.3 is 0 Å². The number of aryl methyl sites for hydroxylation is 1.